The highest BCUT2D eigenvalue weighted by molar-refractivity contribution is 8.00. The van der Waals surface area contributed by atoms with E-state index in [1.54, 1.807) is 42.3 Å². The van der Waals surface area contributed by atoms with Crippen molar-refractivity contribution in [3.05, 3.63) is 18.2 Å². The van der Waals surface area contributed by atoms with Crippen LogP contribution in [-0.2, 0) is 17.1 Å². The number of aromatic nitrogens is 1. The monoisotopic (exact) mass is 375 g/mol. The maximum atomic E-state index is 12.8. The van der Waals surface area contributed by atoms with Crippen molar-refractivity contribution in [2.75, 3.05) is 47.5 Å². The number of thioether (sulfide) groups is 1. The fourth-order valence-electron chi connectivity index (χ4n) is 2.19. The van der Waals surface area contributed by atoms with Gasteiger partial charge in [0.1, 0.15) is 11.7 Å². The van der Waals surface area contributed by atoms with Crippen LogP contribution in [0.1, 0.15) is 0 Å². The van der Waals surface area contributed by atoms with Gasteiger partial charge in [0.05, 0.1) is 39.1 Å². The summed E-state index contributed by atoms with van der Waals surface area (Å²) in [6.07, 6.45) is 2.03. The Morgan fingerprint density at radius 1 is 1.30 bits per heavy atom. The minimum atomic E-state index is -3.45. The average Bonchev–Trinajstić information content (AvgIpc) is 2.79. The molecule has 0 saturated carbocycles. The molecule has 0 bridgehead atoms. The smallest absolute Gasteiger partial charge is 0.297 e. The summed E-state index contributed by atoms with van der Waals surface area (Å²) < 4.78 is 32.0. The summed E-state index contributed by atoms with van der Waals surface area (Å²) in [5.41, 5.74) is 1.06. The number of hydrogen-bond donors (Lipinski definition) is 0. The van der Waals surface area contributed by atoms with E-state index in [-0.39, 0.29) is 0 Å². The summed E-state index contributed by atoms with van der Waals surface area (Å²) in [6, 6.07) is 5.39. The molecule has 1 heterocycles. The first-order valence-electron chi connectivity index (χ1n) is 7.29. The van der Waals surface area contributed by atoms with Gasteiger partial charge in [-0.05, 0) is 30.2 Å². The molecule has 0 fully saturated rings. The van der Waals surface area contributed by atoms with Crippen molar-refractivity contribution in [3.8, 4) is 0 Å². The van der Waals surface area contributed by atoms with Crippen LogP contribution in [-0.4, -0.2) is 64.7 Å². The van der Waals surface area contributed by atoms with Crippen LogP contribution in [0.4, 0.5) is 0 Å². The third-order valence-electron chi connectivity index (χ3n) is 3.73. The molecule has 0 spiro atoms. The maximum absolute atomic E-state index is 12.8. The molecule has 0 atom stereocenters. The summed E-state index contributed by atoms with van der Waals surface area (Å²) in [7, 11) is 6.38. The zero-order chi connectivity index (χ0) is 17.4. The van der Waals surface area contributed by atoms with Crippen LogP contribution in [0.15, 0.2) is 27.4 Å². The predicted octanol–water partition coefficient (Wildman–Crippen LogP) is 1.77. The van der Waals surface area contributed by atoms with Crippen LogP contribution in [0.2, 0.25) is 0 Å². The Morgan fingerprint density at radius 3 is 2.52 bits per heavy atom. The van der Waals surface area contributed by atoms with Crippen molar-refractivity contribution in [1.29, 1.82) is 0 Å². The summed E-state index contributed by atoms with van der Waals surface area (Å²) in [5, 5.41) is 0. The Bertz CT molecular complexity index is 807. The topological polar surface area (TPSA) is 41.3 Å². The van der Waals surface area contributed by atoms with Crippen LogP contribution >= 0.6 is 23.1 Å². The molecule has 0 amide bonds. The zero-order valence-electron chi connectivity index (χ0n) is 14.5. The molecule has 0 aliphatic carbocycles. The van der Waals surface area contributed by atoms with Crippen molar-refractivity contribution >= 4 is 43.3 Å². The predicted molar refractivity (Wildman–Crippen MR) is 97.5 cm³/mol. The van der Waals surface area contributed by atoms with Crippen LogP contribution in [0.3, 0.4) is 0 Å². The molecule has 0 unspecified atom stereocenters. The second kappa shape index (κ2) is 6.68. The maximum Gasteiger partial charge on any atom is 0.297 e. The number of hydrogen-bond acceptors (Lipinski definition) is 4. The van der Waals surface area contributed by atoms with Gasteiger partial charge in [0.15, 0.2) is 0 Å². The Hall–Kier alpha value is -0.670. The number of likely N-dealkylation sites (N-methyl/N-ethyl adjacent to an activating group) is 2. The normalized spacial score (nSPS) is 13.2. The van der Waals surface area contributed by atoms with E-state index in [1.807, 2.05) is 19.4 Å². The molecule has 0 saturated heterocycles. The van der Waals surface area contributed by atoms with Crippen molar-refractivity contribution in [3.63, 3.8) is 0 Å². The van der Waals surface area contributed by atoms with E-state index in [1.165, 1.54) is 4.31 Å². The van der Waals surface area contributed by atoms with E-state index < -0.39 is 10.0 Å². The van der Waals surface area contributed by atoms with E-state index in [2.05, 4.69) is 25.7 Å². The van der Waals surface area contributed by atoms with E-state index in [4.69, 9.17) is 0 Å². The summed E-state index contributed by atoms with van der Waals surface area (Å²) in [4.78, 5) is 0.364. The van der Waals surface area contributed by atoms with Gasteiger partial charge in [-0.15, -0.1) is 0 Å². The van der Waals surface area contributed by atoms with Gasteiger partial charge in [-0.25, -0.2) is 8.42 Å². The molecule has 23 heavy (non-hydrogen) atoms. The third-order valence-corrected chi connectivity index (χ3v) is 7.95. The molecule has 0 radical (unpaired) electrons. The van der Waals surface area contributed by atoms with Gasteiger partial charge in [0, 0.05) is 13.1 Å². The SMILES string of the molecule is CSc1sc2cc(S(=O)(=O)N(C)CC[N+](C)(C)C)ccc2[n+]1C. The fourth-order valence-corrected chi connectivity index (χ4v) is 5.35. The van der Waals surface area contributed by atoms with E-state index >= 15 is 0 Å². The Labute approximate surface area is 147 Å². The average molecular weight is 376 g/mol. The van der Waals surface area contributed by atoms with Gasteiger partial charge in [-0.3, -0.25) is 0 Å². The standard InChI is InChI=1S/C15H25N3O2S3/c1-16(9-10-18(3,4)5)23(19,20)12-7-8-13-14(11-12)22-15(21-6)17(13)2/h7-8,11H,9-10H2,1-6H3/q+2. The molecule has 2 aromatic rings. The number of benzene rings is 1. The van der Waals surface area contributed by atoms with Gasteiger partial charge in [-0.1, -0.05) is 11.3 Å². The molecule has 8 heteroatoms. The van der Waals surface area contributed by atoms with Crippen molar-refractivity contribution in [2.24, 2.45) is 7.05 Å². The Balaban J connectivity index is 2.34. The molecular weight excluding hydrogens is 350 g/mol. The Morgan fingerprint density at radius 2 is 1.96 bits per heavy atom. The van der Waals surface area contributed by atoms with Crippen LogP contribution in [0.25, 0.3) is 10.2 Å². The second-order valence-electron chi connectivity index (χ2n) is 6.60. The summed E-state index contributed by atoms with van der Waals surface area (Å²) >= 11 is 3.29. The third kappa shape index (κ3) is 4.06. The number of rotatable bonds is 6. The van der Waals surface area contributed by atoms with Crippen molar-refractivity contribution in [2.45, 2.75) is 9.24 Å². The molecule has 0 N–H and O–H groups in total. The lowest BCUT2D eigenvalue weighted by Gasteiger charge is -2.26. The van der Waals surface area contributed by atoms with E-state index in [0.717, 1.165) is 25.6 Å². The first-order chi connectivity index (χ1) is 10.6. The summed E-state index contributed by atoms with van der Waals surface area (Å²) in [6.45, 7) is 1.26. The fraction of sp³-hybridized carbons (Fsp3) is 0.533. The molecule has 5 nitrogen and oxygen atoms in total. The molecular formula is C15H25N3O2S3+2. The minimum Gasteiger partial charge on any atom is -0.330 e. The van der Waals surface area contributed by atoms with Crippen molar-refractivity contribution < 1.29 is 17.5 Å². The quantitative estimate of drug-likeness (QED) is 0.439. The molecule has 0 aliphatic heterocycles. The first kappa shape index (κ1) is 18.7. The number of nitrogens with zero attached hydrogens (tertiary/aromatic N) is 3. The van der Waals surface area contributed by atoms with Gasteiger partial charge in [0.2, 0.25) is 15.5 Å². The zero-order valence-corrected chi connectivity index (χ0v) is 17.0. The molecule has 2 rings (SSSR count). The first-order valence-corrected chi connectivity index (χ1v) is 10.8. The van der Waals surface area contributed by atoms with Crippen LogP contribution < -0.4 is 4.57 Å². The second-order valence-corrected chi connectivity index (χ2v) is 10.7. The molecule has 1 aromatic carbocycles. The lowest BCUT2D eigenvalue weighted by molar-refractivity contribution is -0.869. The highest BCUT2D eigenvalue weighted by Gasteiger charge is 2.25. The largest absolute Gasteiger partial charge is 0.330 e. The number of sulfonamides is 1. The van der Waals surface area contributed by atoms with Gasteiger partial charge in [-0.2, -0.15) is 8.87 Å². The molecule has 1 aromatic heterocycles. The van der Waals surface area contributed by atoms with Gasteiger partial charge < -0.3 is 4.48 Å². The van der Waals surface area contributed by atoms with E-state index in [0.29, 0.717) is 11.4 Å². The number of thiazole rings is 1. The van der Waals surface area contributed by atoms with E-state index in [9.17, 15) is 8.42 Å². The Kier molecular flexibility index (Phi) is 5.42. The lowest BCUT2D eigenvalue weighted by atomic mass is 10.3. The van der Waals surface area contributed by atoms with Crippen LogP contribution in [0, 0.1) is 0 Å². The summed E-state index contributed by atoms with van der Waals surface area (Å²) in [5.74, 6) is 0. The van der Waals surface area contributed by atoms with Gasteiger partial charge in [0.25, 0.3) is 4.34 Å². The molecule has 128 valence electrons. The number of quaternary nitrogens is 1. The highest BCUT2D eigenvalue weighted by atomic mass is 32.2. The molecule has 0 aliphatic rings. The highest BCUT2D eigenvalue weighted by Crippen LogP contribution is 2.28. The van der Waals surface area contributed by atoms with Crippen LogP contribution in [0.5, 0.6) is 0 Å². The number of fused-ring (bicyclic) bond motifs is 1. The lowest BCUT2D eigenvalue weighted by Crippen LogP contribution is -2.42. The van der Waals surface area contributed by atoms with Crippen molar-refractivity contribution in [1.82, 2.24) is 4.31 Å². The minimum absolute atomic E-state index is 0.364. The number of aryl methyl sites for hydroxylation is 1. The van der Waals surface area contributed by atoms with Gasteiger partial charge >= 0.3 is 0 Å².